The molecule has 0 spiro atoms. The Hall–Kier alpha value is -2.14. The molecule has 0 radical (unpaired) electrons. The summed E-state index contributed by atoms with van der Waals surface area (Å²) in [7, 11) is 0. The van der Waals surface area contributed by atoms with E-state index in [1.165, 1.54) is 30.4 Å². The Labute approximate surface area is 139 Å². The molecule has 1 aliphatic rings. The standard InChI is InChI=1S/C18H17N3OS/c1-3-7-15-13(5-1)6-2-4-8-16(15)23-18-21-20-17(22-18)14-9-11-19-12-10-14/h1,3,5,7,9-12,16H,2,4,6,8H2/t16-/m0/s1. The summed E-state index contributed by atoms with van der Waals surface area (Å²) in [6, 6.07) is 12.5. The number of aromatic nitrogens is 3. The van der Waals surface area contributed by atoms with Gasteiger partial charge in [-0.3, -0.25) is 4.98 Å². The third kappa shape index (κ3) is 3.15. The molecule has 2 aromatic heterocycles. The maximum absolute atomic E-state index is 5.84. The van der Waals surface area contributed by atoms with Crippen molar-refractivity contribution in [1.29, 1.82) is 0 Å². The molecule has 0 unspecified atom stereocenters. The van der Waals surface area contributed by atoms with Crippen LogP contribution in [-0.4, -0.2) is 15.2 Å². The van der Waals surface area contributed by atoms with Crippen LogP contribution < -0.4 is 0 Å². The predicted molar refractivity (Wildman–Crippen MR) is 90.1 cm³/mol. The first-order chi connectivity index (χ1) is 11.4. The molecule has 23 heavy (non-hydrogen) atoms. The van der Waals surface area contributed by atoms with E-state index in [1.54, 1.807) is 24.2 Å². The molecule has 1 aliphatic carbocycles. The SMILES string of the molecule is c1ccc2c(c1)CCCC[C@@H]2Sc1nnc(-c2ccncc2)o1. The quantitative estimate of drug-likeness (QED) is 0.654. The largest absolute Gasteiger partial charge is 0.411 e. The van der Waals surface area contributed by atoms with E-state index in [9.17, 15) is 0 Å². The predicted octanol–water partition coefficient (Wildman–Crippen LogP) is 4.69. The van der Waals surface area contributed by atoms with Crippen LogP contribution in [0.2, 0.25) is 0 Å². The second-order valence-corrected chi connectivity index (χ2v) is 6.81. The van der Waals surface area contributed by atoms with E-state index in [-0.39, 0.29) is 0 Å². The van der Waals surface area contributed by atoms with E-state index in [0.29, 0.717) is 16.4 Å². The van der Waals surface area contributed by atoms with Gasteiger partial charge in [-0.25, -0.2) is 0 Å². The van der Waals surface area contributed by atoms with Crippen molar-refractivity contribution in [2.75, 3.05) is 0 Å². The lowest BCUT2D eigenvalue weighted by Gasteiger charge is -2.14. The first-order valence-corrected chi connectivity index (χ1v) is 8.76. The number of fused-ring (bicyclic) bond motifs is 1. The number of pyridine rings is 1. The number of nitrogens with zero attached hydrogens (tertiary/aromatic N) is 3. The van der Waals surface area contributed by atoms with Crippen molar-refractivity contribution in [3.8, 4) is 11.5 Å². The fourth-order valence-electron chi connectivity index (χ4n) is 2.99. The molecule has 4 nitrogen and oxygen atoms in total. The van der Waals surface area contributed by atoms with E-state index in [4.69, 9.17) is 4.42 Å². The van der Waals surface area contributed by atoms with Crippen LogP contribution in [0.15, 0.2) is 58.4 Å². The topological polar surface area (TPSA) is 51.8 Å². The molecule has 0 saturated carbocycles. The normalized spacial score (nSPS) is 17.5. The van der Waals surface area contributed by atoms with Gasteiger partial charge in [0.1, 0.15) is 0 Å². The number of benzene rings is 1. The van der Waals surface area contributed by atoms with Crippen molar-refractivity contribution in [2.45, 2.75) is 36.2 Å². The van der Waals surface area contributed by atoms with Crippen LogP contribution in [0.25, 0.3) is 11.5 Å². The van der Waals surface area contributed by atoms with Crippen LogP contribution in [0.4, 0.5) is 0 Å². The zero-order valence-electron chi connectivity index (χ0n) is 12.7. The summed E-state index contributed by atoms with van der Waals surface area (Å²) in [5, 5.41) is 9.41. The minimum Gasteiger partial charge on any atom is -0.411 e. The molecule has 0 N–H and O–H groups in total. The molecule has 2 heterocycles. The third-order valence-electron chi connectivity index (χ3n) is 4.14. The summed E-state index contributed by atoms with van der Waals surface area (Å²) in [5.41, 5.74) is 3.77. The van der Waals surface area contributed by atoms with Crippen LogP contribution in [0, 0.1) is 0 Å². The summed E-state index contributed by atoms with van der Waals surface area (Å²) >= 11 is 1.68. The van der Waals surface area contributed by atoms with Gasteiger partial charge in [0.15, 0.2) is 0 Å². The molecule has 116 valence electrons. The minimum atomic E-state index is 0.388. The van der Waals surface area contributed by atoms with Gasteiger partial charge in [-0.2, -0.15) is 0 Å². The fraction of sp³-hybridized carbons (Fsp3) is 0.278. The second-order valence-electron chi connectivity index (χ2n) is 5.66. The highest BCUT2D eigenvalue weighted by Gasteiger charge is 2.22. The smallest absolute Gasteiger partial charge is 0.277 e. The van der Waals surface area contributed by atoms with Gasteiger partial charge in [-0.15, -0.1) is 10.2 Å². The molecule has 0 amide bonds. The van der Waals surface area contributed by atoms with Crippen LogP contribution in [0.5, 0.6) is 0 Å². The van der Waals surface area contributed by atoms with Crippen molar-refractivity contribution >= 4 is 11.8 Å². The van der Waals surface area contributed by atoms with Crippen LogP contribution in [0.1, 0.15) is 35.6 Å². The van der Waals surface area contributed by atoms with Gasteiger partial charge < -0.3 is 4.42 Å². The highest BCUT2D eigenvalue weighted by Crippen LogP contribution is 2.42. The molecule has 5 heteroatoms. The zero-order valence-corrected chi connectivity index (χ0v) is 13.5. The van der Waals surface area contributed by atoms with Gasteiger partial charge in [-0.1, -0.05) is 42.4 Å². The Bertz CT molecular complexity index is 788. The minimum absolute atomic E-state index is 0.388. The van der Waals surface area contributed by atoms with Gasteiger partial charge in [0.25, 0.3) is 5.22 Å². The molecule has 1 aromatic carbocycles. The molecule has 0 saturated heterocycles. The van der Waals surface area contributed by atoms with E-state index in [2.05, 4.69) is 39.4 Å². The zero-order chi connectivity index (χ0) is 15.5. The highest BCUT2D eigenvalue weighted by molar-refractivity contribution is 7.99. The number of hydrogen-bond acceptors (Lipinski definition) is 5. The molecule has 0 bridgehead atoms. The highest BCUT2D eigenvalue weighted by atomic mass is 32.2. The fourth-order valence-corrected chi connectivity index (χ4v) is 4.09. The Morgan fingerprint density at radius 2 is 1.87 bits per heavy atom. The van der Waals surface area contributed by atoms with Gasteiger partial charge in [0, 0.05) is 23.2 Å². The summed E-state index contributed by atoms with van der Waals surface area (Å²) in [5.74, 6) is 0.553. The summed E-state index contributed by atoms with van der Waals surface area (Å²) < 4.78 is 5.84. The van der Waals surface area contributed by atoms with Crippen molar-refractivity contribution in [1.82, 2.24) is 15.2 Å². The lowest BCUT2D eigenvalue weighted by molar-refractivity contribution is 0.464. The summed E-state index contributed by atoms with van der Waals surface area (Å²) in [6.07, 6.45) is 8.26. The van der Waals surface area contributed by atoms with E-state index < -0.39 is 0 Å². The number of rotatable bonds is 3. The van der Waals surface area contributed by atoms with Crippen LogP contribution >= 0.6 is 11.8 Å². The van der Waals surface area contributed by atoms with E-state index in [0.717, 1.165) is 12.0 Å². The van der Waals surface area contributed by atoms with E-state index in [1.807, 2.05) is 12.1 Å². The summed E-state index contributed by atoms with van der Waals surface area (Å²) in [4.78, 5) is 4.01. The first kappa shape index (κ1) is 14.5. The maximum atomic E-state index is 5.84. The summed E-state index contributed by atoms with van der Waals surface area (Å²) in [6.45, 7) is 0. The number of thioether (sulfide) groups is 1. The van der Waals surface area contributed by atoms with Crippen molar-refractivity contribution in [3.63, 3.8) is 0 Å². The van der Waals surface area contributed by atoms with Gasteiger partial charge >= 0.3 is 0 Å². The van der Waals surface area contributed by atoms with Crippen LogP contribution in [0.3, 0.4) is 0 Å². The number of aryl methyl sites for hydroxylation is 1. The third-order valence-corrected chi connectivity index (χ3v) is 5.28. The van der Waals surface area contributed by atoms with Gasteiger partial charge in [0.05, 0.1) is 0 Å². The Morgan fingerprint density at radius 3 is 2.78 bits per heavy atom. The van der Waals surface area contributed by atoms with E-state index >= 15 is 0 Å². The average Bonchev–Trinajstić information content (AvgIpc) is 2.98. The Morgan fingerprint density at radius 1 is 1.00 bits per heavy atom. The monoisotopic (exact) mass is 323 g/mol. The van der Waals surface area contributed by atoms with Crippen molar-refractivity contribution in [2.24, 2.45) is 0 Å². The van der Waals surface area contributed by atoms with Crippen molar-refractivity contribution < 1.29 is 4.42 Å². The maximum Gasteiger partial charge on any atom is 0.277 e. The van der Waals surface area contributed by atoms with Gasteiger partial charge in [-0.05, 0) is 42.5 Å². The molecule has 0 fully saturated rings. The lowest BCUT2D eigenvalue weighted by Crippen LogP contribution is -1.96. The molecule has 4 rings (SSSR count). The molecular formula is C18H17N3OS. The average molecular weight is 323 g/mol. The lowest BCUT2D eigenvalue weighted by atomic mass is 10.0. The first-order valence-electron chi connectivity index (χ1n) is 7.88. The Kier molecular flexibility index (Phi) is 4.11. The second kappa shape index (κ2) is 6.54. The molecular weight excluding hydrogens is 306 g/mol. The van der Waals surface area contributed by atoms with Gasteiger partial charge in [0.2, 0.25) is 5.89 Å². The van der Waals surface area contributed by atoms with Crippen molar-refractivity contribution in [3.05, 3.63) is 59.9 Å². The molecule has 3 aromatic rings. The molecule has 1 atom stereocenters. The number of hydrogen-bond donors (Lipinski definition) is 0. The molecule has 0 aliphatic heterocycles. The Balaban J connectivity index is 1.58. The van der Waals surface area contributed by atoms with Crippen LogP contribution in [-0.2, 0) is 6.42 Å².